The largest absolute Gasteiger partial charge is 0.486 e. The summed E-state index contributed by atoms with van der Waals surface area (Å²) in [6.45, 7) is 4.28. The Bertz CT molecular complexity index is 568. The third-order valence-electron chi connectivity index (χ3n) is 3.36. The predicted molar refractivity (Wildman–Crippen MR) is 79.2 cm³/mol. The molecule has 0 radical (unpaired) electrons. The fraction of sp³-hybridized carbons (Fsp3) is 0.294. The van der Waals surface area contributed by atoms with Crippen LogP contribution in [0.15, 0.2) is 48.5 Å². The molecule has 1 aliphatic heterocycles. The standard InChI is InChI=1S/C17H19NO2/c1-13-7-8-16-17(9-13)19-12-15(20-16)11-18-10-14-5-3-2-4-6-14/h2-9,15,18H,10-12H2,1H3/t15-/m1/s1. The van der Waals surface area contributed by atoms with Crippen molar-refractivity contribution in [2.75, 3.05) is 13.2 Å². The predicted octanol–water partition coefficient (Wildman–Crippen LogP) is 2.92. The number of benzene rings is 2. The second kappa shape index (κ2) is 5.97. The molecule has 1 aliphatic rings. The second-order valence-corrected chi connectivity index (χ2v) is 5.12. The van der Waals surface area contributed by atoms with Crippen LogP contribution in [0.2, 0.25) is 0 Å². The van der Waals surface area contributed by atoms with Crippen molar-refractivity contribution in [2.45, 2.75) is 19.6 Å². The maximum Gasteiger partial charge on any atom is 0.161 e. The Morgan fingerprint density at radius 1 is 1.10 bits per heavy atom. The molecule has 2 aromatic rings. The molecular formula is C17H19NO2. The van der Waals surface area contributed by atoms with Gasteiger partial charge in [0.25, 0.3) is 0 Å². The minimum Gasteiger partial charge on any atom is -0.486 e. The zero-order valence-electron chi connectivity index (χ0n) is 11.6. The van der Waals surface area contributed by atoms with Crippen molar-refractivity contribution in [3.8, 4) is 11.5 Å². The van der Waals surface area contributed by atoms with Gasteiger partial charge in [0.05, 0.1) is 0 Å². The Kier molecular flexibility index (Phi) is 3.88. The summed E-state index contributed by atoms with van der Waals surface area (Å²) in [5.41, 5.74) is 2.47. The molecule has 0 unspecified atom stereocenters. The van der Waals surface area contributed by atoms with Crippen LogP contribution in [0.3, 0.4) is 0 Å². The average Bonchev–Trinajstić information content (AvgIpc) is 2.48. The van der Waals surface area contributed by atoms with E-state index in [1.807, 2.05) is 24.3 Å². The highest BCUT2D eigenvalue weighted by molar-refractivity contribution is 5.43. The first-order chi connectivity index (χ1) is 9.81. The molecule has 0 saturated carbocycles. The first-order valence-corrected chi connectivity index (χ1v) is 6.96. The summed E-state index contributed by atoms with van der Waals surface area (Å²) in [6.07, 6.45) is 0.0638. The van der Waals surface area contributed by atoms with Crippen molar-refractivity contribution in [1.82, 2.24) is 5.32 Å². The van der Waals surface area contributed by atoms with E-state index >= 15 is 0 Å². The van der Waals surface area contributed by atoms with Crippen LogP contribution in [0, 0.1) is 6.92 Å². The van der Waals surface area contributed by atoms with Crippen LogP contribution in [0.25, 0.3) is 0 Å². The van der Waals surface area contributed by atoms with Crippen molar-refractivity contribution in [3.05, 3.63) is 59.7 Å². The third kappa shape index (κ3) is 3.11. The molecule has 1 atom stereocenters. The molecule has 1 N–H and O–H groups in total. The lowest BCUT2D eigenvalue weighted by molar-refractivity contribution is 0.0901. The molecule has 3 rings (SSSR count). The van der Waals surface area contributed by atoms with Gasteiger partial charge in [0.2, 0.25) is 0 Å². The first-order valence-electron chi connectivity index (χ1n) is 6.96. The summed E-state index contributed by atoms with van der Waals surface area (Å²) in [4.78, 5) is 0. The number of hydrogen-bond donors (Lipinski definition) is 1. The fourth-order valence-electron chi connectivity index (χ4n) is 2.30. The molecule has 0 aliphatic carbocycles. The summed E-state index contributed by atoms with van der Waals surface area (Å²) in [5, 5.41) is 3.41. The highest BCUT2D eigenvalue weighted by Crippen LogP contribution is 2.32. The minimum absolute atomic E-state index is 0.0638. The lowest BCUT2D eigenvalue weighted by atomic mass is 10.2. The Morgan fingerprint density at radius 3 is 2.80 bits per heavy atom. The van der Waals surface area contributed by atoms with Gasteiger partial charge in [-0.15, -0.1) is 0 Å². The van der Waals surface area contributed by atoms with E-state index in [0.29, 0.717) is 6.61 Å². The molecule has 104 valence electrons. The summed E-state index contributed by atoms with van der Waals surface area (Å²) >= 11 is 0. The molecule has 3 nitrogen and oxygen atoms in total. The zero-order chi connectivity index (χ0) is 13.8. The first kappa shape index (κ1) is 13.0. The van der Waals surface area contributed by atoms with Crippen molar-refractivity contribution in [2.24, 2.45) is 0 Å². The van der Waals surface area contributed by atoms with Crippen LogP contribution in [0.4, 0.5) is 0 Å². The normalized spacial score (nSPS) is 16.9. The number of ether oxygens (including phenoxy) is 2. The molecular weight excluding hydrogens is 250 g/mol. The highest BCUT2D eigenvalue weighted by atomic mass is 16.6. The van der Waals surface area contributed by atoms with E-state index in [4.69, 9.17) is 9.47 Å². The average molecular weight is 269 g/mol. The molecule has 20 heavy (non-hydrogen) atoms. The Hall–Kier alpha value is -2.00. The summed E-state index contributed by atoms with van der Waals surface area (Å²) in [7, 11) is 0. The van der Waals surface area contributed by atoms with Gasteiger partial charge in [-0.25, -0.2) is 0 Å². The van der Waals surface area contributed by atoms with Gasteiger partial charge in [0, 0.05) is 13.1 Å². The van der Waals surface area contributed by atoms with E-state index in [-0.39, 0.29) is 6.10 Å². The molecule has 0 amide bonds. The summed E-state index contributed by atoms with van der Waals surface area (Å²) in [6, 6.07) is 16.4. The van der Waals surface area contributed by atoms with E-state index in [9.17, 15) is 0 Å². The topological polar surface area (TPSA) is 30.5 Å². The van der Waals surface area contributed by atoms with Gasteiger partial charge in [0.1, 0.15) is 12.7 Å². The molecule has 2 aromatic carbocycles. The van der Waals surface area contributed by atoms with Crippen LogP contribution < -0.4 is 14.8 Å². The lowest BCUT2D eigenvalue weighted by Crippen LogP contribution is -2.38. The Morgan fingerprint density at radius 2 is 1.95 bits per heavy atom. The highest BCUT2D eigenvalue weighted by Gasteiger charge is 2.20. The summed E-state index contributed by atoms with van der Waals surface area (Å²) in [5.74, 6) is 1.69. The maximum absolute atomic E-state index is 5.94. The van der Waals surface area contributed by atoms with Crippen LogP contribution >= 0.6 is 0 Å². The Balaban J connectivity index is 1.52. The molecule has 0 fully saturated rings. The quantitative estimate of drug-likeness (QED) is 0.925. The van der Waals surface area contributed by atoms with E-state index in [1.165, 1.54) is 11.1 Å². The van der Waals surface area contributed by atoms with E-state index in [0.717, 1.165) is 24.6 Å². The van der Waals surface area contributed by atoms with Crippen LogP contribution in [0.5, 0.6) is 11.5 Å². The van der Waals surface area contributed by atoms with Crippen LogP contribution in [0.1, 0.15) is 11.1 Å². The molecule has 0 aromatic heterocycles. The minimum atomic E-state index is 0.0638. The van der Waals surface area contributed by atoms with Crippen LogP contribution in [-0.4, -0.2) is 19.3 Å². The fourth-order valence-corrected chi connectivity index (χ4v) is 2.30. The molecule has 1 heterocycles. The van der Waals surface area contributed by atoms with Crippen molar-refractivity contribution >= 4 is 0 Å². The zero-order valence-corrected chi connectivity index (χ0v) is 11.6. The number of hydrogen-bond acceptors (Lipinski definition) is 3. The van der Waals surface area contributed by atoms with Crippen molar-refractivity contribution in [3.63, 3.8) is 0 Å². The maximum atomic E-state index is 5.94. The second-order valence-electron chi connectivity index (χ2n) is 5.12. The number of fused-ring (bicyclic) bond motifs is 1. The van der Waals surface area contributed by atoms with Gasteiger partial charge in [-0.05, 0) is 30.2 Å². The van der Waals surface area contributed by atoms with Gasteiger partial charge in [-0.1, -0.05) is 36.4 Å². The van der Waals surface area contributed by atoms with Gasteiger partial charge >= 0.3 is 0 Å². The molecule has 3 heteroatoms. The van der Waals surface area contributed by atoms with Gasteiger partial charge < -0.3 is 14.8 Å². The van der Waals surface area contributed by atoms with Gasteiger partial charge in [-0.2, -0.15) is 0 Å². The summed E-state index contributed by atoms with van der Waals surface area (Å²) < 4.78 is 11.7. The van der Waals surface area contributed by atoms with Crippen LogP contribution in [-0.2, 0) is 6.54 Å². The van der Waals surface area contributed by atoms with Crippen molar-refractivity contribution in [1.29, 1.82) is 0 Å². The van der Waals surface area contributed by atoms with Gasteiger partial charge in [0.15, 0.2) is 11.5 Å². The SMILES string of the molecule is Cc1ccc2c(c1)OC[C@@H](CNCc1ccccc1)O2. The van der Waals surface area contributed by atoms with E-state index in [2.05, 4.69) is 36.5 Å². The van der Waals surface area contributed by atoms with E-state index < -0.39 is 0 Å². The Labute approximate surface area is 119 Å². The van der Waals surface area contributed by atoms with Gasteiger partial charge in [-0.3, -0.25) is 0 Å². The molecule has 0 spiro atoms. The molecule has 0 saturated heterocycles. The number of nitrogens with one attached hydrogen (secondary N) is 1. The monoisotopic (exact) mass is 269 g/mol. The lowest BCUT2D eigenvalue weighted by Gasteiger charge is -2.27. The molecule has 0 bridgehead atoms. The smallest absolute Gasteiger partial charge is 0.161 e. The van der Waals surface area contributed by atoms with Crippen molar-refractivity contribution < 1.29 is 9.47 Å². The number of rotatable bonds is 4. The number of aryl methyl sites for hydroxylation is 1. The van der Waals surface area contributed by atoms with E-state index in [1.54, 1.807) is 0 Å². The third-order valence-corrected chi connectivity index (χ3v) is 3.36.